The second-order valence-electron chi connectivity index (χ2n) is 11.0. The number of oxazole rings is 6. The number of quaternary nitrogens is 1. The summed E-state index contributed by atoms with van der Waals surface area (Å²) in [4.78, 5) is 50.0. The molecule has 0 saturated heterocycles. The smallest absolute Gasteiger partial charge is 1.00 e. The van der Waals surface area contributed by atoms with Gasteiger partial charge >= 0.3 is 24.8 Å². The van der Waals surface area contributed by atoms with Crippen LogP contribution in [-0.2, 0) is 0 Å². The third-order valence-corrected chi connectivity index (χ3v) is 7.11. The van der Waals surface area contributed by atoms with E-state index in [1.165, 1.54) is 31.3 Å². The molecule has 6 aromatic rings. The van der Waals surface area contributed by atoms with Crippen LogP contribution in [0.1, 0.15) is 91.3 Å². The first kappa shape index (κ1) is 39.4. The van der Waals surface area contributed by atoms with Crippen molar-refractivity contribution in [2.24, 2.45) is 5.92 Å². The first-order valence-corrected chi connectivity index (χ1v) is 14.8. The fourth-order valence-electron chi connectivity index (χ4n) is 4.56. The maximum Gasteiger partial charge on any atom is 1.00 e. The zero-order valence-corrected chi connectivity index (χ0v) is 28.2. The van der Waals surface area contributed by atoms with E-state index in [0.717, 1.165) is 31.9 Å². The molecule has 0 fully saturated rings. The summed E-state index contributed by atoms with van der Waals surface area (Å²) in [6.07, 6.45) is 11.7. The number of carbonyl (C=O) groups is 2. The number of hydrogen-bond acceptors (Lipinski definition) is 15. The van der Waals surface area contributed by atoms with Crippen LogP contribution in [-0.4, -0.2) is 52.4 Å². The van der Waals surface area contributed by atoms with Gasteiger partial charge in [-0.15, -0.1) is 0 Å². The molecule has 0 saturated carbocycles. The van der Waals surface area contributed by atoms with Gasteiger partial charge in [-0.2, -0.15) is 0 Å². The Bertz CT molecular complexity index is 1990. The summed E-state index contributed by atoms with van der Waals surface area (Å²) in [5, 5.41) is 11.9. The van der Waals surface area contributed by atoms with Crippen molar-refractivity contribution >= 4 is 11.9 Å². The molecule has 0 aliphatic rings. The van der Waals surface area contributed by atoms with Gasteiger partial charge in [-0.05, 0) is 12.3 Å². The Balaban J connectivity index is 0.00000225. The largest absolute Gasteiger partial charge is 1.00 e. The van der Waals surface area contributed by atoms with Crippen molar-refractivity contribution in [2.45, 2.75) is 58.5 Å². The average Bonchev–Trinajstić information content (AvgIpc) is 3.89. The predicted molar refractivity (Wildman–Crippen MR) is 159 cm³/mol. The van der Waals surface area contributed by atoms with Gasteiger partial charge in [0.25, 0.3) is 11.8 Å². The zero-order valence-electron chi connectivity index (χ0n) is 27.5. The van der Waals surface area contributed by atoms with Crippen LogP contribution in [0.5, 0.6) is 0 Å². The molecule has 50 heavy (non-hydrogen) atoms. The third-order valence-electron chi connectivity index (χ3n) is 7.11. The van der Waals surface area contributed by atoms with Crippen LogP contribution in [0.15, 0.2) is 64.1 Å². The number of halogens is 1. The standard InChI is InChI=1S/C30H30N8O9.ClH.Li.H2O/c1-4-5-6-7-15(31)24-33-17(9-42-24)26-34-18(10-44-26)25-32-16(8-43-25)23(39)38-22(14(2)3)29-36-20(12-47-29)27-35-19(11-45-27)28-37-21(13-46-28)30(40)41;;;/h8-15,22H,4-7,31H2,1-3H3,(H,38,39)(H,40,41);1H;;1H2/q;;+1;/p-1. The number of nitrogens with zero attached hydrogens (tertiary/aromatic N) is 6. The van der Waals surface area contributed by atoms with E-state index in [1.807, 2.05) is 13.8 Å². The molecule has 2 atom stereocenters. The van der Waals surface area contributed by atoms with Gasteiger partial charge in [0.05, 0.1) is 0 Å². The Morgan fingerprint density at radius 2 is 1.18 bits per heavy atom. The molecule has 0 aromatic carbocycles. The molecule has 0 bridgehead atoms. The van der Waals surface area contributed by atoms with Crippen molar-refractivity contribution < 1.29 is 83.7 Å². The molecule has 6 heterocycles. The topological polar surface area (TPSA) is 280 Å². The summed E-state index contributed by atoms with van der Waals surface area (Å²) in [6, 6.07) is -0.736. The van der Waals surface area contributed by atoms with Crippen LogP contribution in [0.3, 0.4) is 0 Å². The number of aromatic carboxylic acids is 1. The van der Waals surface area contributed by atoms with E-state index in [-0.39, 0.29) is 107 Å². The van der Waals surface area contributed by atoms with Gasteiger partial charge in [0.1, 0.15) is 43.6 Å². The van der Waals surface area contributed by atoms with Crippen molar-refractivity contribution in [3.8, 4) is 46.3 Å². The number of rotatable bonds is 14. The van der Waals surface area contributed by atoms with E-state index >= 15 is 0 Å². The van der Waals surface area contributed by atoms with Crippen molar-refractivity contribution in [2.75, 3.05) is 0 Å². The Labute approximate surface area is 301 Å². The Morgan fingerprint density at radius 3 is 1.72 bits per heavy atom. The summed E-state index contributed by atoms with van der Waals surface area (Å²) >= 11 is 0. The summed E-state index contributed by atoms with van der Waals surface area (Å²) in [7, 11) is 0. The van der Waals surface area contributed by atoms with Crippen molar-refractivity contribution in [3.63, 3.8) is 0 Å². The minimum absolute atomic E-state index is 0. The molecule has 6 aromatic heterocycles. The van der Waals surface area contributed by atoms with Gasteiger partial charge in [-0.1, -0.05) is 33.6 Å². The molecule has 0 radical (unpaired) electrons. The third kappa shape index (κ3) is 8.59. The minimum atomic E-state index is -1.24. The van der Waals surface area contributed by atoms with E-state index in [0.29, 0.717) is 11.6 Å². The predicted octanol–water partition coefficient (Wildman–Crippen LogP) is -1.20. The van der Waals surface area contributed by atoms with Gasteiger partial charge in [0, 0.05) is 6.42 Å². The van der Waals surface area contributed by atoms with Crippen LogP contribution in [0, 0.1) is 5.92 Å². The van der Waals surface area contributed by atoms with Crippen molar-refractivity contribution in [1.29, 1.82) is 0 Å². The molecule has 6 rings (SSSR count). The molecule has 18 nitrogen and oxygen atoms in total. The Kier molecular flexibility index (Phi) is 13.5. The molecule has 2 unspecified atom stereocenters. The first-order chi connectivity index (χ1) is 22.7. The molecule has 0 aliphatic heterocycles. The minimum Gasteiger partial charge on any atom is -1.00 e. The maximum atomic E-state index is 13.2. The quantitative estimate of drug-likeness (QED) is 0.0886. The summed E-state index contributed by atoms with van der Waals surface area (Å²) in [5.74, 6) is -0.888. The van der Waals surface area contributed by atoms with E-state index in [4.69, 9.17) is 31.6 Å². The van der Waals surface area contributed by atoms with E-state index in [9.17, 15) is 9.59 Å². The number of aromatic nitrogens is 6. The van der Waals surface area contributed by atoms with Crippen LogP contribution in [0.4, 0.5) is 0 Å². The van der Waals surface area contributed by atoms with E-state index in [1.54, 1.807) is 0 Å². The number of unbranched alkanes of at least 4 members (excludes halogenated alkanes) is 2. The summed E-state index contributed by atoms with van der Waals surface area (Å²) < 4.78 is 33.0. The first-order valence-electron chi connectivity index (χ1n) is 14.8. The molecule has 20 heteroatoms. The number of carbonyl (C=O) groups excluding carboxylic acids is 1. The Hall–Kier alpha value is -4.99. The Morgan fingerprint density at radius 1 is 0.720 bits per heavy atom. The summed E-state index contributed by atoms with van der Waals surface area (Å²) in [5.41, 5.74) is 4.96. The fraction of sp³-hybridized carbons (Fsp3) is 0.333. The monoisotopic (exact) mass is 706 g/mol. The second-order valence-corrected chi connectivity index (χ2v) is 11.0. The van der Waals surface area contributed by atoms with Gasteiger partial charge in [-0.3, -0.25) is 4.79 Å². The van der Waals surface area contributed by atoms with Crippen molar-refractivity contribution in [3.05, 3.63) is 60.7 Å². The van der Waals surface area contributed by atoms with Crippen LogP contribution in [0.2, 0.25) is 0 Å². The average molecular weight is 707 g/mol. The molecular formula is C30H32ClLiN8O10. The molecule has 1 amide bonds. The molecule has 0 aliphatic carbocycles. The van der Waals surface area contributed by atoms with E-state index in [2.05, 4.69) is 47.9 Å². The van der Waals surface area contributed by atoms with Gasteiger partial charge in [0.2, 0.25) is 29.5 Å². The molecular weight excluding hydrogens is 675 g/mol. The number of nitrogens with one attached hydrogen (secondary N) is 1. The molecule has 0 spiro atoms. The van der Waals surface area contributed by atoms with E-state index < -0.39 is 17.9 Å². The number of hydrogen-bond donors (Lipinski definition) is 3. The number of amides is 1. The summed E-state index contributed by atoms with van der Waals surface area (Å²) in [6.45, 7) is 5.90. The normalized spacial score (nSPS) is 12.1. The van der Waals surface area contributed by atoms with Crippen molar-refractivity contribution in [1.82, 2.24) is 35.2 Å². The van der Waals surface area contributed by atoms with Gasteiger partial charge in [0.15, 0.2) is 40.2 Å². The molecule has 260 valence electrons. The second kappa shape index (κ2) is 17.1. The van der Waals surface area contributed by atoms with Gasteiger partial charge in [-0.25, -0.2) is 34.7 Å². The fourth-order valence-corrected chi connectivity index (χ4v) is 4.56. The maximum absolute atomic E-state index is 13.2. The van der Waals surface area contributed by atoms with Gasteiger partial charge < -0.3 is 60.5 Å². The number of carboxylic acids is 1. The zero-order chi connectivity index (χ0) is 33.1. The van der Waals surface area contributed by atoms with Crippen LogP contribution in [0.25, 0.3) is 46.3 Å². The SMILES string of the molecule is CCCCCC([NH3+])c1nc(-c2nc(-c3nc(C(=O)NC(c4nc(-c5nc(-c6nc(C(=O)O)co6)co5)co4)C(C)C)co3)co2)co1.[Cl-].[Li+].[OH-]. The number of carboxylic acid groups (broad SMARTS) is 1. The molecule has 6 N–H and O–H groups in total. The van der Waals surface area contributed by atoms with Crippen LogP contribution < -0.4 is 42.3 Å². The van der Waals surface area contributed by atoms with Crippen LogP contribution >= 0.6 is 0 Å².